The molecular formula is C22H25N5O2S. The van der Waals surface area contributed by atoms with Gasteiger partial charge in [0, 0.05) is 19.2 Å². The lowest BCUT2D eigenvalue weighted by molar-refractivity contribution is -0.118. The molecule has 0 saturated heterocycles. The highest BCUT2D eigenvalue weighted by molar-refractivity contribution is 7.99. The minimum atomic E-state index is -0.162. The van der Waals surface area contributed by atoms with Crippen LogP contribution in [0.3, 0.4) is 0 Å². The average Bonchev–Trinajstić information content (AvgIpc) is 3.11. The van der Waals surface area contributed by atoms with Crippen molar-refractivity contribution in [1.29, 1.82) is 0 Å². The fourth-order valence-electron chi connectivity index (χ4n) is 2.76. The Bertz CT molecular complexity index is 987. The van der Waals surface area contributed by atoms with Crippen molar-refractivity contribution < 1.29 is 9.59 Å². The molecular weight excluding hydrogens is 398 g/mol. The van der Waals surface area contributed by atoms with E-state index in [1.54, 1.807) is 16.7 Å². The summed E-state index contributed by atoms with van der Waals surface area (Å²) in [6.07, 6.45) is 0.798. The molecule has 8 heteroatoms. The molecule has 3 rings (SSSR count). The van der Waals surface area contributed by atoms with E-state index in [1.165, 1.54) is 17.3 Å². The number of thioether (sulfide) groups is 1. The predicted molar refractivity (Wildman–Crippen MR) is 117 cm³/mol. The maximum absolute atomic E-state index is 12.2. The molecule has 7 nitrogen and oxygen atoms in total. The first-order chi connectivity index (χ1) is 14.5. The largest absolute Gasteiger partial charge is 0.355 e. The minimum Gasteiger partial charge on any atom is -0.355 e. The normalized spacial score (nSPS) is 10.6. The van der Waals surface area contributed by atoms with Crippen LogP contribution >= 0.6 is 11.8 Å². The van der Waals surface area contributed by atoms with Gasteiger partial charge >= 0.3 is 0 Å². The minimum absolute atomic E-state index is 0.0480. The molecule has 0 spiro atoms. The molecule has 0 bridgehead atoms. The maximum atomic E-state index is 12.2. The summed E-state index contributed by atoms with van der Waals surface area (Å²) in [7, 11) is 1.82. The van der Waals surface area contributed by atoms with Crippen LogP contribution in [0.4, 0.5) is 0 Å². The molecule has 0 saturated carbocycles. The van der Waals surface area contributed by atoms with Crippen molar-refractivity contribution in [2.75, 3.05) is 12.3 Å². The van der Waals surface area contributed by atoms with Gasteiger partial charge in [0.15, 0.2) is 11.0 Å². The summed E-state index contributed by atoms with van der Waals surface area (Å²) >= 11 is 1.32. The van der Waals surface area contributed by atoms with Crippen LogP contribution in [0.1, 0.15) is 27.3 Å². The summed E-state index contributed by atoms with van der Waals surface area (Å²) in [4.78, 5) is 24.3. The van der Waals surface area contributed by atoms with Gasteiger partial charge in [-0.3, -0.25) is 9.59 Å². The molecule has 0 aliphatic heterocycles. The van der Waals surface area contributed by atoms with Crippen molar-refractivity contribution in [1.82, 2.24) is 25.4 Å². The molecule has 1 heterocycles. The molecule has 0 atom stereocenters. The third-order valence-corrected chi connectivity index (χ3v) is 5.58. The Hall–Kier alpha value is -3.13. The van der Waals surface area contributed by atoms with Crippen molar-refractivity contribution in [3.05, 3.63) is 77.1 Å². The number of nitrogens with one attached hydrogen (secondary N) is 2. The number of benzene rings is 2. The first kappa shape index (κ1) is 21.6. The van der Waals surface area contributed by atoms with E-state index in [0.717, 1.165) is 12.0 Å². The number of rotatable bonds is 9. The number of amides is 2. The number of carbonyl (C=O) groups is 2. The van der Waals surface area contributed by atoms with Gasteiger partial charge < -0.3 is 15.2 Å². The van der Waals surface area contributed by atoms with Crippen molar-refractivity contribution in [3.63, 3.8) is 0 Å². The molecule has 0 radical (unpaired) electrons. The zero-order chi connectivity index (χ0) is 21.3. The average molecular weight is 424 g/mol. The molecule has 0 aliphatic carbocycles. The van der Waals surface area contributed by atoms with Crippen LogP contribution < -0.4 is 10.6 Å². The van der Waals surface area contributed by atoms with Gasteiger partial charge in [-0.1, -0.05) is 59.8 Å². The van der Waals surface area contributed by atoms with Gasteiger partial charge in [0.2, 0.25) is 5.91 Å². The highest BCUT2D eigenvalue weighted by Gasteiger charge is 2.13. The molecule has 3 aromatic rings. The van der Waals surface area contributed by atoms with Crippen LogP contribution in [0.15, 0.2) is 59.8 Å². The number of aryl methyl sites for hydroxylation is 1. The summed E-state index contributed by atoms with van der Waals surface area (Å²) in [5.74, 6) is 0.678. The monoisotopic (exact) mass is 423 g/mol. The number of carbonyl (C=O) groups excluding carboxylic acids is 2. The van der Waals surface area contributed by atoms with E-state index in [2.05, 4.69) is 20.8 Å². The van der Waals surface area contributed by atoms with Crippen LogP contribution in [-0.2, 0) is 24.8 Å². The Morgan fingerprint density at radius 1 is 1.00 bits per heavy atom. The molecule has 30 heavy (non-hydrogen) atoms. The quantitative estimate of drug-likeness (QED) is 0.516. The highest BCUT2D eigenvalue weighted by Crippen LogP contribution is 2.15. The van der Waals surface area contributed by atoms with Crippen LogP contribution in [0.25, 0.3) is 0 Å². The van der Waals surface area contributed by atoms with Crippen LogP contribution in [0.5, 0.6) is 0 Å². The Labute approximate surface area is 180 Å². The second-order valence-electron chi connectivity index (χ2n) is 6.88. The smallest absolute Gasteiger partial charge is 0.251 e. The van der Waals surface area contributed by atoms with E-state index in [9.17, 15) is 9.59 Å². The van der Waals surface area contributed by atoms with Gasteiger partial charge in [-0.25, -0.2) is 0 Å². The topological polar surface area (TPSA) is 88.9 Å². The molecule has 2 N–H and O–H groups in total. The molecule has 156 valence electrons. The first-order valence-corrected chi connectivity index (χ1v) is 10.7. The first-order valence-electron chi connectivity index (χ1n) is 9.69. The zero-order valence-corrected chi connectivity index (χ0v) is 17.9. The SMILES string of the molecule is Cc1ccc(C(=O)NCc2nnc(SCC(=O)NCCc3ccccc3)n2C)cc1. The van der Waals surface area contributed by atoms with Crippen molar-refractivity contribution in [3.8, 4) is 0 Å². The van der Waals surface area contributed by atoms with Crippen LogP contribution in [-0.4, -0.2) is 38.9 Å². The predicted octanol–water partition coefficient (Wildman–Crippen LogP) is 2.50. The van der Waals surface area contributed by atoms with Crippen molar-refractivity contribution in [2.45, 2.75) is 25.0 Å². The summed E-state index contributed by atoms with van der Waals surface area (Å²) in [6.45, 7) is 2.84. The fraction of sp³-hybridized carbons (Fsp3) is 0.273. The summed E-state index contributed by atoms with van der Waals surface area (Å²) in [5, 5.41) is 14.6. The van der Waals surface area contributed by atoms with Crippen LogP contribution in [0, 0.1) is 6.92 Å². The standard InChI is InChI=1S/C22H25N5O2S/c1-16-8-10-18(11-9-16)21(29)24-14-19-25-26-22(27(19)2)30-15-20(28)23-13-12-17-6-4-3-5-7-17/h3-11H,12-15H2,1-2H3,(H,23,28)(H,24,29). The lowest BCUT2D eigenvalue weighted by Crippen LogP contribution is -2.27. The second-order valence-corrected chi connectivity index (χ2v) is 7.82. The van der Waals surface area contributed by atoms with E-state index in [-0.39, 0.29) is 24.1 Å². The number of hydrogen-bond acceptors (Lipinski definition) is 5. The molecule has 1 aromatic heterocycles. The maximum Gasteiger partial charge on any atom is 0.251 e. The molecule has 2 aromatic carbocycles. The third-order valence-electron chi connectivity index (χ3n) is 4.56. The van der Waals surface area contributed by atoms with Gasteiger partial charge in [0.1, 0.15) is 0 Å². The summed E-state index contributed by atoms with van der Waals surface area (Å²) in [5.41, 5.74) is 2.89. The fourth-order valence-corrected chi connectivity index (χ4v) is 3.52. The lowest BCUT2D eigenvalue weighted by atomic mass is 10.1. The second kappa shape index (κ2) is 10.6. The van der Waals surface area contributed by atoms with Gasteiger partial charge in [-0.15, -0.1) is 10.2 Å². The third kappa shape index (κ3) is 6.18. The molecule has 0 fully saturated rings. The summed E-state index contributed by atoms with van der Waals surface area (Å²) < 4.78 is 1.79. The van der Waals surface area contributed by atoms with E-state index in [4.69, 9.17) is 0 Å². The van der Waals surface area contributed by atoms with Gasteiger partial charge in [0.05, 0.1) is 12.3 Å². The van der Waals surface area contributed by atoms with E-state index in [0.29, 0.717) is 23.1 Å². The Morgan fingerprint density at radius 3 is 2.47 bits per heavy atom. The molecule has 0 unspecified atom stereocenters. The number of aromatic nitrogens is 3. The van der Waals surface area contributed by atoms with Gasteiger partial charge in [-0.2, -0.15) is 0 Å². The molecule has 2 amide bonds. The van der Waals surface area contributed by atoms with Gasteiger partial charge in [0.25, 0.3) is 5.91 Å². The van der Waals surface area contributed by atoms with E-state index >= 15 is 0 Å². The van der Waals surface area contributed by atoms with Crippen molar-refractivity contribution in [2.24, 2.45) is 7.05 Å². The lowest BCUT2D eigenvalue weighted by Gasteiger charge is -2.07. The van der Waals surface area contributed by atoms with Crippen molar-refractivity contribution >= 4 is 23.6 Å². The van der Waals surface area contributed by atoms with E-state index in [1.807, 2.05) is 56.4 Å². The number of nitrogens with zero attached hydrogens (tertiary/aromatic N) is 3. The zero-order valence-electron chi connectivity index (χ0n) is 17.1. The van der Waals surface area contributed by atoms with Crippen LogP contribution in [0.2, 0.25) is 0 Å². The summed E-state index contributed by atoms with van der Waals surface area (Å²) in [6, 6.07) is 17.4. The Balaban J connectivity index is 1.42. The van der Waals surface area contributed by atoms with E-state index < -0.39 is 0 Å². The molecule has 0 aliphatic rings. The Kier molecular flexibility index (Phi) is 7.62. The highest BCUT2D eigenvalue weighted by atomic mass is 32.2. The Morgan fingerprint density at radius 2 is 1.73 bits per heavy atom. The number of hydrogen-bond donors (Lipinski definition) is 2. The van der Waals surface area contributed by atoms with Gasteiger partial charge in [-0.05, 0) is 31.0 Å².